The van der Waals surface area contributed by atoms with Crippen molar-refractivity contribution in [2.75, 3.05) is 0 Å². The zero-order valence-electron chi connectivity index (χ0n) is 6.41. The van der Waals surface area contributed by atoms with E-state index in [1.807, 2.05) is 12.1 Å². The SMILES string of the molecule is CCCc1ccnc(C#N)n1. The number of nitrogens with zero attached hydrogens (tertiary/aromatic N) is 3. The Morgan fingerprint density at radius 1 is 1.64 bits per heavy atom. The average molecular weight is 147 g/mol. The second-order valence-electron chi connectivity index (χ2n) is 2.23. The lowest BCUT2D eigenvalue weighted by molar-refractivity contribution is 0.866. The van der Waals surface area contributed by atoms with Gasteiger partial charge in [-0.15, -0.1) is 0 Å². The quantitative estimate of drug-likeness (QED) is 0.633. The molecule has 0 saturated heterocycles. The van der Waals surface area contributed by atoms with Crippen LogP contribution in [0.3, 0.4) is 0 Å². The van der Waals surface area contributed by atoms with E-state index in [0.717, 1.165) is 18.5 Å². The van der Waals surface area contributed by atoms with E-state index < -0.39 is 0 Å². The van der Waals surface area contributed by atoms with Gasteiger partial charge in [-0.1, -0.05) is 13.3 Å². The van der Waals surface area contributed by atoms with Gasteiger partial charge in [-0.2, -0.15) is 5.26 Å². The Hall–Kier alpha value is -1.43. The summed E-state index contributed by atoms with van der Waals surface area (Å²) in [7, 11) is 0. The zero-order chi connectivity index (χ0) is 8.10. The van der Waals surface area contributed by atoms with E-state index in [1.54, 1.807) is 6.20 Å². The summed E-state index contributed by atoms with van der Waals surface area (Å²) in [6, 6.07) is 3.74. The molecule has 0 atom stereocenters. The number of nitriles is 1. The third-order valence-electron chi connectivity index (χ3n) is 1.32. The van der Waals surface area contributed by atoms with Crippen LogP contribution in [0.4, 0.5) is 0 Å². The molecule has 56 valence electrons. The highest BCUT2D eigenvalue weighted by atomic mass is 14.9. The van der Waals surface area contributed by atoms with E-state index in [4.69, 9.17) is 5.26 Å². The minimum absolute atomic E-state index is 0.260. The second-order valence-corrected chi connectivity index (χ2v) is 2.23. The molecule has 0 bridgehead atoms. The van der Waals surface area contributed by atoms with Crippen molar-refractivity contribution >= 4 is 0 Å². The molecular formula is C8H9N3. The monoisotopic (exact) mass is 147 g/mol. The van der Waals surface area contributed by atoms with Gasteiger partial charge < -0.3 is 0 Å². The minimum Gasteiger partial charge on any atom is -0.228 e. The molecule has 1 heterocycles. The van der Waals surface area contributed by atoms with Gasteiger partial charge in [0.05, 0.1) is 0 Å². The van der Waals surface area contributed by atoms with Crippen LogP contribution in [0.1, 0.15) is 24.9 Å². The van der Waals surface area contributed by atoms with Crippen molar-refractivity contribution in [3.05, 3.63) is 23.8 Å². The molecule has 0 amide bonds. The van der Waals surface area contributed by atoms with Crippen molar-refractivity contribution in [2.24, 2.45) is 0 Å². The number of hydrogen-bond acceptors (Lipinski definition) is 3. The van der Waals surface area contributed by atoms with Gasteiger partial charge in [0.2, 0.25) is 5.82 Å². The van der Waals surface area contributed by atoms with E-state index in [-0.39, 0.29) is 5.82 Å². The van der Waals surface area contributed by atoms with Gasteiger partial charge in [0, 0.05) is 11.9 Å². The Bertz CT molecular complexity index is 275. The van der Waals surface area contributed by atoms with Crippen molar-refractivity contribution < 1.29 is 0 Å². The van der Waals surface area contributed by atoms with Crippen LogP contribution in [-0.4, -0.2) is 9.97 Å². The summed E-state index contributed by atoms with van der Waals surface area (Å²) in [6.07, 6.45) is 3.58. The Labute approximate surface area is 65.7 Å². The first-order valence-corrected chi connectivity index (χ1v) is 3.59. The lowest BCUT2D eigenvalue weighted by Crippen LogP contribution is -1.93. The predicted octanol–water partition coefficient (Wildman–Crippen LogP) is 1.30. The fraction of sp³-hybridized carbons (Fsp3) is 0.375. The molecule has 3 heteroatoms. The summed E-state index contributed by atoms with van der Waals surface area (Å²) < 4.78 is 0. The molecular weight excluding hydrogens is 138 g/mol. The lowest BCUT2D eigenvalue weighted by atomic mass is 10.2. The number of hydrogen-bond donors (Lipinski definition) is 0. The fourth-order valence-electron chi connectivity index (χ4n) is 0.845. The number of rotatable bonds is 2. The third-order valence-corrected chi connectivity index (χ3v) is 1.32. The first-order valence-electron chi connectivity index (χ1n) is 3.59. The van der Waals surface area contributed by atoms with Crippen molar-refractivity contribution in [1.29, 1.82) is 5.26 Å². The Balaban J connectivity index is 2.85. The van der Waals surface area contributed by atoms with Gasteiger partial charge in [-0.3, -0.25) is 0 Å². The van der Waals surface area contributed by atoms with E-state index >= 15 is 0 Å². The first-order chi connectivity index (χ1) is 5.36. The van der Waals surface area contributed by atoms with Gasteiger partial charge in [-0.05, 0) is 12.5 Å². The highest BCUT2D eigenvalue weighted by Gasteiger charge is 1.95. The molecule has 1 aromatic heterocycles. The van der Waals surface area contributed by atoms with Crippen molar-refractivity contribution in [1.82, 2.24) is 9.97 Å². The molecule has 0 aliphatic heterocycles. The molecule has 0 N–H and O–H groups in total. The van der Waals surface area contributed by atoms with E-state index in [1.165, 1.54) is 0 Å². The van der Waals surface area contributed by atoms with Crippen molar-refractivity contribution in [3.63, 3.8) is 0 Å². The summed E-state index contributed by atoms with van der Waals surface area (Å²) in [6.45, 7) is 2.08. The second kappa shape index (κ2) is 3.67. The Morgan fingerprint density at radius 2 is 2.45 bits per heavy atom. The smallest absolute Gasteiger partial charge is 0.228 e. The Kier molecular flexibility index (Phi) is 2.56. The molecule has 0 fully saturated rings. The third kappa shape index (κ3) is 2.01. The largest absolute Gasteiger partial charge is 0.232 e. The summed E-state index contributed by atoms with van der Waals surface area (Å²) in [4.78, 5) is 7.78. The van der Waals surface area contributed by atoms with Crippen molar-refractivity contribution in [2.45, 2.75) is 19.8 Å². The van der Waals surface area contributed by atoms with Crippen molar-refractivity contribution in [3.8, 4) is 6.07 Å². The molecule has 0 aromatic carbocycles. The average Bonchev–Trinajstić information content (AvgIpc) is 2.06. The summed E-state index contributed by atoms with van der Waals surface area (Å²) in [5.74, 6) is 0.260. The van der Waals surface area contributed by atoms with Crippen LogP contribution in [-0.2, 0) is 6.42 Å². The first kappa shape index (κ1) is 7.67. The molecule has 0 spiro atoms. The lowest BCUT2D eigenvalue weighted by Gasteiger charge is -1.94. The minimum atomic E-state index is 0.260. The van der Waals surface area contributed by atoms with E-state index in [0.29, 0.717) is 0 Å². The Morgan fingerprint density at radius 3 is 3.09 bits per heavy atom. The molecule has 0 unspecified atom stereocenters. The van der Waals surface area contributed by atoms with Gasteiger partial charge in [0.1, 0.15) is 6.07 Å². The maximum Gasteiger partial charge on any atom is 0.232 e. The van der Waals surface area contributed by atoms with E-state index in [2.05, 4.69) is 16.9 Å². The molecule has 1 rings (SSSR count). The summed E-state index contributed by atoms with van der Waals surface area (Å²) >= 11 is 0. The van der Waals surface area contributed by atoms with Gasteiger partial charge in [-0.25, -0.2) is 9.97 Å². The number of aryl methyl sites for hydroxylation is 1. The molecule has 0 aliphatic rings. The van der Waals surface area contributed by atoms with Crippen LogP contribution < -0.4 is 0 Å². The molecule has 3 nitrogen and oxygen atoms in total. The number of aromatic nitrogens is 2. The maximum absolute atomic E-state index is 8.46. The molecule has 0 radical (unpaired) electrons. The van der Waals surface area contributed by atoms with Gasteiger partial charge in [0.25, 0.3) is 0 Å². The van der Waals surface area contributed by atoms with Crippen LogP contribution >= 0.6 is 0 Å². The molecule has 0 aliphatic carbocycles. The predicted molar refractivity (Wildman–Crippen MR) is 40.7 cm³/mol. The highest BCUT2D eigenvalue weighted by Crippen LogP contribution is 1.97. The zero-order valence-corrected chi connectivity index (χ0v) is 6.41. The van der Waals surface area contributed by atoms with Crippen LogP contribution in [0, 0.1) is 11.3 Å². The topological polar surface area (TPSA) is 49.6 Å². The van der Waals surface area contributed by atoms with Gasteiger partial charge in [0.15, 0.2) is 0 Å². The standard InChI is InChI=1S/C8H9N3/c1-2-3-7-4-5-10-8(6-9)11-7/h4-5H,2-3H2,1H3. The maximum atomic E-state index is 8.46. The van der Waals surface area contributed by atoms with Crippen LogP contribution in [0.25, 0.3) is 0 Å². The van der Waals surface area contributed by atoms with Crippen LogP contribution in [0.15, 0.2) is 12.3 Å². The fourth-order valence-corrected chi connectivity index (χ4v) is 0.845. The highest BCUT2D eigenvalue weighted by molar-refractivity contribution is 5.12. The van der Waals surface area contributed by atoms with Crippen LogP contribution in [0.2, 0.25) is 0 Å². The molecule has 1 aromatic rings. The van der Waals surface area contributed by atoms with E-state index in [9.17, 15) is 0 Å². The molecule has 11 heavy (non-hydrogen) atoms. The van der Waals surface area contributed by atoms with Crippen LogP contribution in [0.5, 0.6) is 0 Å². The molecule has 0 saturated carbocycles. The normalized spacial score (nSPS) is 9.09. The van der Waals surface area contributed by atoms with Gasteiger partial charge >= 0.3 is 0 Å². The summed E-state index contributed by atoms with van der Waals surface area (Å²) in [5, 5.41) is 8.46. The summed E-state index contributed by atoms with van der Waals surface area (Å²) in [5.41, 5.74) is 0.944.